The van der Waals surface area contributed by atoms with E-state index < -0.39 is 5.97 Å². The molecular weight excluding hydrogens is 238 g/mol. The van der Waals surface area contributed by atoms with Gasteiger partial charge < -0.3 is 10.1 Å². The second-order valence-corrected chi connectivity index (χ2v) is 4.88. The van der Waals surface area contributed by atoms with E-state index in [1.807, 2.05) is 0 Å². The highest BCUT2D eigenvalue weighted by atomic mass is 35.5. The molecule has 1 aromatic heterocycles. The van der Waals surface area contributed by atoms with E-state index in [0.29, 0.717) is 5.02 Å². The lowest BCUT2D eigenvalue weighted by atomic mass is 9.95. The van der Waals surface area contributed by atoms with Crippen LogP contribution in [0.5, 0.6) is 0 Å². The van der Waals surface area contributed by atoms with Crippen LogP contribution in [0.2, 0.25) is 5.02 Å². The highest BCUT2D eigenvalue weighted by Crippen LogP contribution is 2.32. The quantitative estimate of drug-likeness (QED) is 0.814. The van der Waals surface area contributed by atoms with Gasteiger partial charge in [0.1, 0.15) is 0 Å². The molecule has 88 valence electrons. The molecule has 3 nitrogen and oxygen atoms in total. The molecule has 2 aromatic rings. The van der Waals surface area contributed by atoms with Crippen LogP contribution in [0.25, 0.3) is 10.9 Å². The van der Waals surface area contributed by atoms with Gasteiger partial charge >= 0.3 is 5.97 Å². The fourth-order valence-corrected chi connectivity index (χ4v) is 2.84. The Morgan fingerprint density at radius 3 is 2.82 bits per heavy atom. The summed E-state index contributed by atoms with van der Waals surface area (Å²) in [5.74, 6) is -0.970. The number of hydrogen-bond donors (Lipinski definition) is 2. The molecule has 1 aliphatic rings. The van der Waals surface area contributed by atoms with Crippen LogP contribution in [-0.2, 0) is 12.8 Å². The normalized spacial score (nSPS) is 14.9. The van der Waals surface area contributed by atoms with Crippen molar-refractivity contribution in [3.8, 4) is 0 Å². The van der Waals surface area contributed by atoms with Gasteiger partial charge in [-0.05, 0) is 43.4 Å². The second-order valence-electron chi connectivity index (χ2n) is 4.47. The van der Waals surface area contributed by atoms with Gasteiger partial charge in [0.2, 0.25) is 0 Å². The van der Waals surface area contributed by atoms with Crippen molar-refractivity contribution < 1.29 is 9.90 Å². The molecule has 0 aliphatic heterocycles. The largest absolute Gasteiger partial charge is 0.478 e. The number of benzene rings is 1. The summed E-state index contributed by atoms with van der Waals surface area (Å²) in [6, 6.07) is 3.42. The minimum Gasteiger partial charge on any atom is -0.478 e. The van der Waals surface area contributed by atoms with Crippen LogP contribution in [0.15, 0.2) is 12.1 Å². The number of aromatic amines is 1. The summed E-state index contributed by atoms with van der Waals surface area (Å²) in [6.45, 7) is 0. The number of aromatic nitrogens is 1. The minimum atomic E-state index is -0.970. The van der Waals surface area contributed by atoms with Crippen molar-refractivity contribution in [3.63, 3.8) is 0 Å². The maximum Gasteiger partial charge on any atom is 0.337 e. The number of aryl methyl sites for hydroxylation is 2. The smallest absolute Gasteiger partial charge is 0.337 e. The molecule has 0 bridgehead atoms. The van der Waals surface area contributed by atoms with Crippen molar-refractivity contribution in [2.75, 3.05) is 0 Å². The van der Waals surface area contributed by atoms with E-state index in [4.69, 9.17) is 16.7 Å². The number of rotatable bonds is 1. The summed E-state index contributed by atoms with van der Waals surface area (Å²) in [5, 5.41) is 10.4. The van der Waals surface area contributed by atoms with E-state index in [1.54, 1.807) is 12.1 Å². The lowest BCUT2D eigenvalue weighted by Gasteiger charge is -2.10. The monoisotopic (exact) mass is 249 g/mol. The third-order valence-corrected chi connectivity index (χ3v) is 3.73. The summed E-state index contributed by atoms with van der Waals surface area (Å²) in [4.78, 5) is 14.4. The molecule has 17 heavy (non-hydrogen) atoms. The van der Waals surface area contributed by atoms with Crippen molar-refractivity contribution in [2.24, 2.45) is 0 Å². The van der Waals surface area contributed by atoms with Crippen LogP contribution < -0.4 is 0 Å². The highest BCUT2D eigenvalue weighted by molar-refractivity contribution is 6.34. The number of H-pyrrole nitrogens is 1. The first-order valence-electron chi connectivity index (χ1n) is 5.73. The zero-order chi connectivity index (χ0) is 12.0. The summed E-state index contributed by atoms with van der Waals surface area (Å²) in [6.07, 6.45) is 4.43. The lowest BCUT2D eigenvalue weighted by Crippen LogP contribution is -2.00. The van der Waals surface area contributed by atoms with Crippen LogP contribution in [0.4, 0.5) is 0 Å². The van der Waals surface area contributed by atoms with Crippen molar-refractivity contribution in [3.05, 3.63) is 34.0 Å². The molecular formula is C13H12ClNO2. The average Bonchev–Trinajstić information content (AvgIpc) is 2.64. The first-order valence-corrected chi connectivity index (χ1v) is 6.11. The molecule has 0 amide bonds. The highest BCUT2D eigenvalue weighted by Gasteiger charge is 2.18. The fraction of sp³-hybridized carbons (Fsp3) is 0.308. The average molecular weight is 250 g/mol. The van der Waals surface area contributed by atoms with Gasteiger partial charge in [-0.1, -0.05) is 11.6 Å². The zero-order valence-electron chi connectivity index (χ0n) is 9.22. The van der Waals surface area contributed by atoms with Gasteiger partial charge in [0.05, 0.1) is 10.6 Å². The molecule has 0 unspecified atom stereocenters. The SMILES string of the molecule is O=C(O)c1cc2c3c([nH]c2cc1Cl)CCCC3. The number of nitrogens with one attached hydrogen (secondary N) is 1. The van der Waals surface area contributed by atoms with Gasteiger partial charge in [0.15, 0.2) is 0 Å². The van der Waals surface area contributed by atoms with E-state index in [9.17, 15) is 4.79 Å². The third-order valence-electron chi connectivity index (χ3n) is 3.42. The second kappa shape index (κ2) is 3.77. The van der Waals surface area contributed by atoms with Crippen LogP contribution in [0.1, 0.15) is 34.5 Å². The molecule has 0 saturated heterocycles. The molecule has 2 N–H and O–H groups in total. The summed E-state index contributed by atoms with van der Waals surface area (Å²) in [5.41, 5.74) is 3.65. The van der Waals surface area contributed by atoms with E-state index in [2.05, 4.69) is 4.98 Å². The topological polar surface area (TPSA) is 53.1 Å². The molecule has 4 heteroatoms. The zero-order valence-corrected chi connectivity index (χ0v) is 9.97. The number of aromatic carboxylic acids is 1. The Hall–Kier alpha value is -1.48. The number of fused-ring (bicyclic) bond motifs is 3. The molecule has 1 aromatic carbocycles. The summed E-state index contributed by atoms with van der Waals surface area (Å²) >= 11 is 5.96. The van der Waals surface area contributed by atoms with Gasteiger partial charge in [0.25, 0.3) is 0 Å². The molecule has 0 spiro atoms. The van der Waals surface area contributed by atoms with Crippen LogP contribution >= 0.6 is 11.6 Å². The van der Waals surface area contributed by atoms with Gasteiger partial charge in [-0.15, -0.1) is 0 Å². The summed E-state index contributed by atoms with van der Waals surface area (Å²) < 4.78 is 0. The predicted molar refractivity (Wildman–Crippen MR) is 66.9 cm³/mol. The van der Waals surface area contributed by atoms with Gasteiger partial charge in [-0.25, -0.2) is 4.79 Å². The van der Waals surface area contributed by atoms with Crippen molar-refractivity contribution in [1.82, 2.24) is 4.98 Å². The summed E-state index contributed by atoms with van der Waals surface area (Å²) in [7, 11) is 0. The van der Waals surface area contributed by atoms with Crippen LogP contribution in [0.3, 0.4) is 0 Å². The Balaban J connectivity index is 2.29. The van der Waals surface area contributed by atoms with Crippen molar-refractivity contribution >= 4 is 28.5 Å². The van der Waals surface area contributed by atoms with Crippen LogP contribution in [-0.4, -0.2) is 16.1 Å². The van der Waals surface area contributed by atoms with Gasteiger partial charge in [0, 0.05) is 16.6 Å². The number of carbonyl (C=O) groups is 1. The molecule has 1 heterocycles. The number of hydrogen-bond acceptors (Lipinski definition) is 1. The number of halogens is 1. The number of carboxylic acid groups (broad SMARTS) is 1. The van der Waals surface area contributed by atoms with E-state index in [1.165, 1.54) is 24.1 Å². The molecule has 0 atom stereocenters. The Morgan fingerprint density at radius 2 is 2.06 bits per heavy atom. The van der Waals surface area contributed by atoms with E-state index >= 15 is 0 Å². The lowest BCUT2D eigenvalue weighted by molar-refractivity contribution is 0.0697. The molecule has 3 rings (SSSR count). The van der Waals surface area contributed by atoms with Crippen molar-refractivity contribution in [2.45, 2.75) is 25.7 Å². The Bertz CT molecular complexity index is 615. The molecule has 0 saturated carbocycles. The Labute approximate surface area is 103 Å². The Kier molecular flexibility index (Phi) is 2.37. The van der Waals surface area contributed by atoms with Crippen LogP contribution in [0, 0.1) is 0 Å². The van der Waals surface area contributed by atoms with E-state index in [0.717, 1.165) is 23.7 Å². The Morgan fingerprint density at radius 1 is 1.29 bits per heavy atom. The molecule has 1 aliphatic carbocycles. The fourth-order valence-electron chi connectivity index (χ4n) is 2.59. The minimum absolute atomic E-state index is 0.187. The molecule has 0 radical (unpaired) electrons. The van der Waals surface area contributed by atoms with Gasteiger partial charge in [-0.3, -0.25) is 0 Å². The van der Waals surface area contributed by atoms with Gasteiger partial charge in [-0.2, -0.15) is 0 Å². The third kappa shape index (κ3) is 1.62. The standard InChI is InChI=1S/C13H12ClNO2/c14-10-6-12-8(5-9(10)13(16)17)7-3-1-2-4-11(7)15-12/h5-6,15H,1-4H2,(H,16,17). The molecule has 0 fully saturated rings. The maximum absolute atomic E-state index is 11.1. The number of carboxylic acids is 1. The van der Waals surface area contributed by atoms with E-state index in [-0.39, 0.29) is 5.56 Å². The predicted octanol–water partition coefficient (Wildman–Crippen LogP) is 3.40. The first kappa shape index (κ1) is 10.7. The first-order chi connectivity index (χ1) is 8.16. The van der Waals surface area contributed by atoms with Crippen molar-refractivity contribution in [1.29, 1.82) is 0 Å². The maximum atomic E-state index is 11.1.